The molecule has 5 nitrogen and oxygen atoms in total. The molecule has 0 radical (unpaired) electrons. The molecule has 168 valence electrons. The standard InChI is InChI=1S/C26H36N2O3/c29-24(17-20-5-1-2-6-20)27-11-9-26(10-12-27)19-21(22-7-3-4-8-23(22)26)18-25(30)28-13-15-31-16-14-28/h3-4,7-8,20-21H,1-2,5-6,9-19H2/t21-/m1/s1. The fraction of sp³-hybridized carbons (Fsp3) is 0.692. The highest BCUT2D eigenvalue weighted by molar-refractivity contribution is 5.78. The number of ether oxygens (including phenoxy) is 1. The summed E-state index contributed by atoms with van der Waals surface area (Å²) in [5.74, 6) is 1.55. The van der Waals surface area contributed by atoms with E-state index in [-0.39, 0.29) is 11.3 Å². The minimum absolute atomic E-state index is 0.136. The van der Waals surface area contributed by atoms with E-state index in [1.54, 1.807) is 0 Å². The number of nitrogens with zero attached hydrogens (tertiary/aromatic N) is 2. The first-order chi connectivity index (χ1) is 15.1. The number of carbonyl (C=O) groups is 2. The molecule has 4 aliphatic rings. The van der Waals surface area contributed by atoms with Gasteiger partial charge < -0.3 is 14.5 Å². The van der Waals surface area contributed by atoms with E-state index < -0.39 is 0 Å². The molecule has 31 heavy (non-hydrogen) atoms. The van der Waals surface area contributed by atoms with Crippen LogP contribution in [-0.2, 0) is 19.7 Å². The molecular formula is C26H36N2O3. The summed E-state index contributed by atoms with van der Waals surface area (Å²) in [6.45, 7) is 4.48. The molecule has 1 spiro atoms. The van der Waals surface area contributed by atoms with Crippen molar-refractivity contribution in [3.63, 3.8) is 0 Å². The van der Waals surface area contributed by atoms with Gasteiger partial charge in [0.05, 0.1) is 13.2 Å². The third-order valence-corrected chi connectivity index (χ3v) is 8.41. The minimum Gasteiger partial charge on any atom is -0.378 e. The second-order valence-electron chi connectivity index (χ2n) is 10.2. The first-order valence-electron chi connectivity index (χ1n) is 12.4. The third-order valence-electron chi connectivity index (χ3n) is 8.41. The van der Waals surface area contributed by atoms with Gasteiger partial charge in [-0.2, -0.15) is 0 Å². The van der Waals surface area contributed by atoms with Crippen molar-refractivity contribution in [2.75, 3.05) is 39.4 Å². The summed E-state index contributed by atoms with van der Waals surface area (Å²) in [4.78, 5) is 29.9. The number of rotatable bonds is 4. The van der Waals surface area contributed by atoms with Gasteiger partial charge in [0.15, 0.2) is 0 Å². The fourth-order valence-corrected chi connectivity index (χ4v) is 6.61. The molecule has 1 saturated carbocycles. The van der Waals surface area contributed by atoms with Crippen LogP contribution < -0.4 is 0 Å². The van der Waals surface area contributed by atoms with Crippen molar-refractivity contribution in [3.8, 4) is 0 Å². The first kappa shape index (κ1) is 21.0. The fourth-order valence-electron chi connectivity index (χ4n) is 6.61. The molecule has 1 aromatic carbocycles. The van der Waals surface area contributed by atoms with Gasteiger partial charge in [-0.15, -0.1) is 0 Å². The number of hydrogen-bond acceptors (Lipinski definition) is 3. The van der Waals surface area contributed by atoms with Crippen LogP contribution in [0.1, 0.15) is 74.8 Å². The van der Waals surface area contributed by atoms with Gasteiger partial charge in [0.1, 0.15) is 0 Å². The number of benzene rings is 1. The molecule has 0 unspecified atom stereocenters. The molecule has 1 atom stereocenters. The van der Waals surface area contributed by atoms with Crippen molar-refractivity contribution >= 4 is 11.8 Å². The van der Waals surface area contributed by atoms with Crippen LogP contribution in [0.4, 0.5) is 0 Å². The Morgan fingerprint density at radius 3 is 2.29 bits per heavy atom. The average Bonchev–Trinajstić information content (AvgIpc) is 3.42. The van der Waals surface area contributed by atoms with Gasteiger partial charge in [-0.05, 0) is 60.5 Å². The Morgan fingerprint density at radius 2 is 1.55 bits per heavy atom. The summed E-state index contributed by atoms with van der Waals surface area (Å²) < 4.78 is 5.41. The maximum Gasteiger partial charge on any atom is 0.223 e. The summed E-state index contributed by atoms with van der Waals surface area (Å²) in [5, 5.41) is 0. The predicted molar refractivity (Wildman–Crippen MR) is 120 cm³/mol. The Balaban J connectivity index is 1.25. The first-order valence-corrected chi connectivity index (χ1v) is 12.4. The molecule has 2 amide bonds. The largest absolute Gasteiger partial charge is 0.378 e. The topological polar surface area (TPSA) is 49.9 Å². The van der Waals surface area contributed by atoms with Gasteiger partial charge in [-0.25, -0.2) is 0 Å². The minimum atomic E-state index is 0.136. The zero-order valence-electron chi connectivity index (χ0n) is 18.7. The lowest BCUT2D eigenvalue weighted by Gasteiger charge is -2.41. The van der Waals surface area contributed by atoms with E-state index in [2.05, 4.69) is 29.2 Å². The second-order valence-corrected chi connectivity index (χ2v) is 10.2. The summed E-state index contributed by atoms with van der Waals surface area (Å²) in [7, 11) is 0. The molecular weight excluding hydrogens is 388 g/mol. The van der Waals surface area contributed by atoms with E-state index in [1.165, 1.54) is 36.8 Å². The van der Waals surface area contributed by atoms with Crippen molar-refractivity contribution in [3.05, 3.63) is 35.4 Å². The SMILES string of the molecule is O=C(CC1CCCC1)N1CCC2(CC1)C[C@@H](CC(=O)N1CCOCC1)c1ccccc12. The van der Waals surface area contributed by atoms with Crippen molar-refractivity contribution in [1.29, 1.82) is 0 Å². The highest BCUT2D eigenvalue weighted by Crippen LogP contribution is 2.52. The van der Waals surface area contributed by atoms with Gasteiger partial charge in [0.2, 0.25) is 11.8 Å². The lowest BCUT2D eigenvalue weighted by Crippen LogP contribution is -2.45. The zero-order valence-corrected chi connectivity index (χ0v) is 18.7. The lowest BCUT2D eigenvalue weighted by atomic mass is 9.73. The number of likely N-dealkylation sites (tertiary alicyclic amines) is 1. The van der Waals surface area contributed by atoms with E-state index >= 15 is 0 Å². The molecule has 5 rings (SSSR count). The summed E-state index contributed by atoms with van der Waals surface area (Å²) in [6.07, 6.45) is 9.51. The van der Waals surface area contributed by atoms with Gasteiger partial charge >= 0.3 is 0 Å². The highest BCUT2D eigenvalue weighted by Gasteiger charge is 2.46. The normalized spacial score (nSPS) is 25.7. The van der Waals surface area contributed by atoms with Crippen LogP contribution in [0.15, 0.2) is 24.3 Å². The third kappa shape index (κ3) is 4.26. The van der Waals surface area contributed by atoms with Crippen LogP contribution in [0.3, 0.4) is 0 Å². The van der Waals surface area contributed by atoms with Crippen molar-refractivity contribution in [2.45, 2.75) is 69.1 Å². The van der Waals surface area contributed by atoms with Crippen LogP contribution in [0, 0.1) is 5.92 Å². The van der Waals surface area contributed by atoms with Gasteiger partial charge in [-0.1, -0.05) is 37.1 Å². The van der Waals surface area contributed by atoms with E-state index in [1.807, 2.05) is 4.90 Å². The van der Waals surface area contributed by atoms with Crippen molar-refractivity contribution < 1.29 is 14.3 Å². The summed E-state index contributed by atoms with van der Waals surface area (Å²) in [6, 6.07) is 8.78. The van der Waals surface area contributed by atoms with Crippen LogP contribution in [-0.4, -0.2) is 61.0 Å². The van der Waals surface area contributed by atoms with E-state index in [0.29, 0.717) is 37.4 Å². The van der Waals surface area contributed by atoms with Gasteiger partial charge in [0.25, 0.3) is 0 Å². The summed E-state index contributed by atoms with van der Waals surface area (Å²) in [5.41, 5.74) is 2.95. The maximum absolute atomic E-state index is 13.0. The van der Waals surface area contributed by atoms with Crippen LogP contribution in [0.5, 0.6) is 0 Å². The Bertz CT molecular complexity index is 803. The number of fused-ring (bicyclic) bond motifs is 2. The molecule has 5 heteroatoms. The quantitative estimate of drug-likeness (QED) is 0.737. The van der Waals surface area contributed by atoms with Crippen molar-refractivity contribution in [1.82, 2.24) is 9.80 Å². The van der Waals surface area contributed by atoms with E-state index in [9.17, 15) is 9.59 Å². The van der Waals surface area contributed by atoms with Crippen molar-refractivity contribution in [2.24, 2.45) is 5.92 Å². The second kappa shape index (κ2) is 8.93. The molecule has 0 aromatic heterocycles. The van der Waals surface area contributed by atoms with E-state index in [4.69, 9.17) is 4.74 Å². The molecule has 2 heterocycles. The number of amides is 2. The Labute approximate surface area is 186 Å². The van der Waals surface area contributed by atoms with Crippen LogP contribution in [0.25, 0.3) is 0 Å². The van der Waals surface area contributed by atoms with Gasteiger partial charge in [-0.3, -0.25) is 9.59 Å². The molecule has 2 saturated heterocycles. The Morgan fingerprint density at radius 1 is 0.903 bits per heavy atom. The molecule has 0 bridgehead atoms. The smallest absolute Gasteiger partial charge is 0.223 e. The van der Waals surface area contributed by atoms with Gasteiger partial charge in [0, 0.05) is 39.0 Å². The molecule has 3 fully saturated rings. The number of hydrogen-bond donors (Lipinski definition) is 0. The molecule has 1 aromatic rings. The lowest BCUT2D eigenvalue weighted by molar-refractivity contribution is -0.135. The van der Waals surface area contributed by atoms with Crippen LogP contribution >= 0.6 is 0 Å². The number of carbonyl (C=O) groups excluding carboxylic acids is 2. The zero-order chi connectivity index (χ0) is 21.3. The monoisotopic (exact) mass is 424 g/mol. The Kier molecular flexibility index (Phi) is 6.05. The number of piperidine rings is 1. The molecule has 2 aliphatic carbocycles. The molecule has 0 N–H and O–H groups in total. The highest BCUT2D eigenvalue weighted by atomic mass is 16.5. The Hall–Kier alpha value is -1.88. The van der Waals surface area contributed by atoms with Crippen LogP contribution in [0.2, 0.25) is 0 Å². The number of morpholine rings is 1. The summed E-state index contributed by atoms with van der Waals surface area (Å²) >= 11 is 0. The predicted octanol–water partition coefficient (Wildman–Crippen LogP) is 3.86. The molecule has 2 aliphatic heterocycles. The van der Waals surface area contributed by atoms with E-state index in [0.717, 1.165) is 51.9 Å². The average molecular weight is 425 g/mol. The maximum atomic E-state index is 13.0.